The van der Waals surface area contributed by atoms with Gasteiger partial charge in [-0.15, -0.1) is 11.3 Å². The summed E-state index contributed by atoms with van der Waals surface area (Å²) in [4.78, 5) is 9.15. The quantitative estimate of drug-likeness (QED) is 0.858. The van der Waals surface area contributed by atoms with Crippen LogP contribution in [-0.4, -0.2) is 21.7 Å². The summed E-state index contributed by atoms with van der Waals surface area (Å²) in [5.41, 5.74) is 0.261. The van der Waals surface area contributed by atoms with Crippen LogP contribution in [0.4, 0.5) is 5.82 Å². The molecule has 0 bridgehead atoms. The first kappa shape index (κ1) is 12.5. The molecular weight excluding hydrogens is 248 g/mol. The van der Waals surface area contributed by atoms with Crippen molar-refractivity contribution in [1.82, 2.24) is 9.97 Å². The van der Waals surface area contributed by atoms with Crippen LogP contribution in [0.1, 0.15) is 23.0 Å². The number of anilines is 1. The zero-order valence-electron chi connectivity index (χ0n) is 9.58. The molecule has 2 N–H and O–H groups in total. The molecule has 0 saturated carbocycles. The second-order valence-corrected chi connectivity index (χ2v) is 4.57. The summed E-state index contributed by atoms with van der Waals surface area (Å²) in [6.45, 7) is 0.0672. The Balaban J connectivity index is 2.22. The predicted octanol–water partition coefficient (Wildman–Crippen LogP) is 1.95. The summed E-state index contributed by atoms with van der Waals surface area (Å²) in [7, 11) is 0. The first-order valence-electron chi connectivity index (χ1n) is 5.47. The van der Waals surface area contributed by atoms with E-state index in [0.29, 0.717) is 12.2 Å². The molecule has 2 rings (SSSR count). The largest absolute Gasteiger partial charge is 0.396 e. The van der Waals surface area contributed by atoms with Crippen molar-refractivity contribution in [2.24, 2.45) is 0 Å². The smallest absolute Gasteiger partial charge is 0.182 e. The molecule has 1 atom stereocenters. The molecule has 2 aromatic rings. The lowest BCUT2D eigenvalue weighted by Crippen LogP contribution is -2.13. The van der Waals surface area contributed by atoms with Crippen molar-refractivity contribution in [1.29, 1.82) is 5.26 Å². The van der Waals surface area contributed by atoms with Gasteiger partial charge in [-0.1, -0.05) is 6.07 Å². The molecule has 0 aliphatic carbocycles. The van der Waals surface area contributed by atoms with Crippen LogP contribution in [0.5, 0.6) is 0 Å². The van der Waals surface area contributed by atoms with E-state index in [1.807, 2.05) is 23.6 Å². The molecule has 0 saturated heterocycles. The normalized spacial score (nSPS) is 11.8. The van der Waals surface area contributed by atoms with E-state index in [1.165, 1.54) is 12.4 Å². The van der Waals surface area contributed by atoms with Crippen LogP contribution in [0, 0.1) is 11.3 Å². The molecule has 0 aliphatic heterocycles. The molecular formula is C12H12N4OS. The number of aromatic nitrogens is 2. The first-order valence-corrected chi connectivity index (χ1v) is 6.35. The van der Waals surface area contributed by atoms with Crippen molar-refractivity contribution in [3.63, 3.8) is 0 Å². The van der Waals surface area contributed by atoms with Crippen molar-refractivity contribution in [3.05, 3.63) is 40.5 Å². The van der Waals surface area contributed by atoms with E-state index in [9.17, 15) is 0 Å². The van der Waals surface area contributed by atoms with Crippen molar-refractivity contribution in [3.8, 4) is 6.07 Å². The average Bonchev–Trinajstić information content (AvgIpc) is 2.92. The van der Waals surface area contributed by atoms with Crippen LogP contribution in [0.2, 0.25) is 0 Å². The Bertz CT molecular complexity index is 535. The molecule has 92 valence electrons. The Hall–Kier alpha value is -1.97. The zero-order valence-corrected chi connectivity index (χ0v) is 10.4. The monoisotopic (exact) mass is 260 g/mol. The number of rotatable bonds is 5. The SMILES string of the molecule is N#Cc1nccnc1N[C@H](CCO)c1cccs1. The maximum atomic E-state index is 9.10. The van der Waals surface area contributed by atoms with Gasteiger partial charge in [0.2, 0.25) is 0 Å². The fourth-order valence-corrected chi connectivity index (χ4v) is 2.41. The summed E-state index contributed by atoms with van der Waals surface area (Å²) in [6, 6.07) is 5.88. The molecule has 2 heterocycles. The lowest BCUT2D eigenvalue weighted by Gasteiger charge is -2.17. The number of hydrogen-bond donors (Lipinski definition) is 2. The third-order valence-electron chi connectivity index (χ3n) is 2.42. The lowest BCUT2D eigenvalue weighted by molar-refractivity contribution is 0.280. The van der Waals surface area contributed by atoms with E-state index in [1.54, 1.807) is 11.3 Å². The van der Waals surface area contributed by atoms with Crippen molar-refractivity contribution in [2.45, 2.75) is 12.5 Å². The number of aliphatic hydroxyl groups excluding tert-OH is 1. The first-order chi connectivity index (χ1) is 8.85. The number of hydrogen-bond acceptors (Lipinski definition) is 6. The third-order valence-corrected chi connectivity index (χ3v) is 3.41. The molecule has 0 amide bonds. The van der Waals surface area contributed by atoms with Gasteiger partial charge in [0.15, 0.2) is 11.5 Å². The van der Waals surface area contributed by atoms with Crippen molar-refractivity contribution < 1.29 is 5.11 Å². The Morgan fingerprint density at radius 1 is 1.44 bits per heavy atom. The van der Waals surface area contributed by atoms with Gasteiger partial charge in [0.1, 0.15) is 6.07 Å². The molecule has 0 radical (unpaired) electrons. The van der Waals surface area contributed by atoms with Crippen molar-refractivity contribution >= 4 is 17.2 Å². The molecule has 0 aromatic carbocycles. The lowest BCUT2D eigenvalue weighted by atomic mass is 10.1. The predicted molar refractivity (Wildman–Crippen MR) is 69.1 cm³/mol. The minimum absolute atomic E-state index is 0.0567. The second kappa shape index (κ2) is 6.10. The van der Waals surface area contributed by atoms with E-state index in [2.05, 4.69) is 15.3 Å². The topological polar surface area (TPSA) is 81.8 Å². The van der Waals surface area contributed by atoms with Crippen LogP contribution in [0.3, 0.4) is 0 Å². The van der Waals surface area contributed by atoms with Crippen LogP contribution < -0.4 is 5.32 Å². The molecule has 0 aliphatic rings. The average molecular weight is 260 g/mol. The molecule has 0 spiro atoms. The number of thiophene rings is 1. The molecule has 0 fully saturated rings. The maximum absolute atomic E-state index is 9.10. The van der Waals surface area contributed by atoms with Gasteiger partial charge >= 0.3 is 0 Å². The minimum atomic E-state index is -0.0567. The van der Waals surface area contributed by atoms with E-state index in [4.69, 9.17) is 10.4 Å². The maximum Gasteiger partial charge on any atom is 0.182 e. The highest BCUT2D eigenvalue weighted by atomic mass is 32.1. The summed E-state index contributed by atoms with van der Waals surface area (Å²) >= 11 is 1.60. The van der Waals surface area contributed by atoms with Gasteiger partial charge in [0.05, 0.1) is 6.04 Å². The van der Waals surface area contributed by atoms with Gasteiger partial charge in [0.25, 0.3) is 0 Å². The number of aliphatic hydroxyl groups is 1. The van der Waals surface area contributed by atoms with Gasteiger partial charge in [-0.05, 0) is 17.9 Å². The van der Waals surface area contributed by atoms with Gasteiger partial charge in [0, 0.05) is 23.9 Å². The number of nitriles is 1. The molecule has 18 heavy (non-hydrogen) atoms. The summed E-state index contributed by atoms with van der Waals surface area (Å²) in [6.07, 6.45) is 3.57. The minimum Gasteiger partial charge on any atom is -0.396 e. The van der Waals surface area contributed by atoms with E-state index >= 15 is 0 Å². The van der Waals surface area contributed by atoms with Gasteiger partial charge in [-0.25, -0.2) is 9.97 Å². The standard InChI is InChI=1S/C12H12N4OS/c13-8-10-12(15-5-4-14-10)16-9(3-6-17)11-2-1-7-18-11/h1-2,4-5,7,9,17H,3,6H2,(H,15,16)/t9-/m1/s1. The van der Waals surface area contributed by atoms with Gasteiger partial charge < -0.3 is 10.4 Å². The van der Waals surface area contributed by atoms with E-state index in [0.717, 1.165) is 4.88 Å². The highest BCUT2D eigenvalue weighted by Crippen LogP contribution is 2.26. The number of nitrogens with zero attached hydrogens (tertiary/aromatic N) is 3. The van der Waals surface area contributed by atoms with Gasteiger partial charge in [-0.2, -0.15) is 5.26 Å². The van der Waals surface area contributed by atoms with Crippen LogP contribution in [0.25, 0.3) is 0 Å². The Kier molecular flexibility index (Phi) is 4.23. The van der Waals surface area contributed by atoms with Crippen LogP contribution >= 0.6 is 11.3 Å². The number of nitrogens with one attached hydrogen (secondary N) is 1. The molecule has 6 heteroatoms. The highest BCUT2D eigenvalue weighted by Gasteiger charge is 2.14. The van der Waals surface area contributed by atoms with E-state index in [-0.39, 0.29) is 18.3 Å². The Morgan fingerprint density at radius 2 is 2.28 bits per heavy atom. The fraction of sp³-hybridized carbons (Fsp3) is 0.250. The summed E-state index contributed by atoms with van der Waals surface area (Å²) in [5, 5.41) is 23.2. The molecule has 5 nitrogen and oxygen atoms in total. The zero-order chi connectivity index (χ0) is 12.8. The molecule has 0 unspecified atom stereocenters. The third kappa shape index (κ3) is 2.83. The van der Waals surface area contributed by atoms with Gasteiger partial charge in [-0.3, -0.25) is 0 Å². The van der Waals surface area contributed by atoms with Crippen molar-refractivity contribution in [2.75, 3.05) is 11.9 Å². The highest BCUT2D eigenvalue weighted by molar-refractivity contribution is 7.10. The van der Waals surface area contributed by atoms with Crippen LogP contribution in [-0.2, 0) is 0 Å². The van der Waals surface area contributed by atoms with Crippen LogP contribution in [0.15, 0.2) is 29.9 Å². The Labute approximate surface area is 109 Å². The Morgan fingerprint density at radius 3 is 2.94 bits per heavy atom. The summed E-state index contributed by atoms with van der Waals surface area (Å²) < 4.78 is 0. The second-order valence-electron chi connectivity index (χ2n) is 3.59. The van der Waals surface area contributed by atoms with E-state index < -0.39 is 0 Å². The fourth-order valence-electron chi connectivity index (χ4n) is 1.59. The summed E-state index contributed by atoms with van der Waals surface area (Å²) in [5.74, 6) is 0.451. The molecule has 2 aromatic heterocycles.